The Balaban J connectivity index is 2.10. The van der Waals surface area contributed by atoms with E-state index in [4.69, 9.17) is 11.6 Å². The average molecular weight is 309 g/mol. The lowest BCUT2D eigenvalue weighted by Gasteiger charge is -2.06. The summed E-state index contributed by atoms with van der Waals surface area (Å²) in [6, 6.07) is 14.1. The summed E-state index contributed by atoms with van der Waals surface area (Å²) in [6.45, 7) is 4.09. The van der Waals surface area contributed by atoms with Crippen LogP contribution in [-0.4, -0.2) is 19.6 Å². The Kier molecular flexibility index (Phi) is 2.87. The molecule has 0 aliphatic rings. The topological polar surface area (TPSA) is 43.1 Å². The first kappa shape index (κ1) is 13.2. The fourth-order valence-electron chi connectivity index (χ4n) is 2.68. The Morgan fingerprint density at radius 1 is 0.955 bits per heavy atom. The quantitative estimate of drug-likeness (QED) is 0.495. The van der Waals surface area contributed by atoms with Gasteiger partial charge in [-0.05, 0) is 43.6 Å². The van der Waals surface area contributed by atoms with Gasteiger partial charge in [0.15, 0.2) is 11.5 Å². The van der Waals surface area contributed by atoms with Crippen molar-refractivity contribution in [3.63, 3.8) is 0 Å². The van der Waals surface area contributed by atoms with Gasteiger partial charge in [-0.3, -0.25) is 0 Å². The Morgan fingerprint density at radius 3 is 2.59 bits per heavy atom. The van der Waals surface area contributed by atoms with Crippen molar-refractivity contribution in [1.29, 1.82) is 0 Å². The molecule has 0 bridgehead atoms. The minimum Gasteiger partial charge on any atom is -0.248 e. The molecule has 22 heavy (non-hydrogen) atoms. The van der Waals surface area contributed by atoms with Crippen molar-refractivity contribution in [2.45, 2.75) is 13.8 Å². The molecule has 0 spiro atoms. The first-order valence-corrected chi connectivity index (χ1v) is 7.39. The van der Waals surface area contributed by atoms with E-state index in [0.29, 0.717) is 11.1 Å². The molecule has 0 amide bonds. The van der Waals surface area contributed by atoms with E-state index in [0.717, 1.165) is 33.2 Å². The van der Waals surface area contributed by atoms with Crippen LogP contribution in [0.15, 0.2) is 42.5 Å². The van der Waals surface area contributed by atoms with E-state index >= 15 is 0 Å². The molecule has 0 saturated carbocycles. The van der Waals surface area contributed by atoms with E-state index in [9.17, 15) is 0 Å². The normalized spacial score (nSPS) is 11.4. The number of rotatable bonds is 1. The molecule has 4 nitrogen and oxygen atoms in total. The van der Waals surface area contributed by atoms with E-state index < -0.39 is 0 Å². The third kappa shape index (κ3) is 1.96. The van der Waals surface area contributed by atoms with Gasteiger partial charge in [0.25, 0.3) is 0 Å². The zero-order valence-electron chi connectivity index (χ0n) is 12.2. The van der Waals surface area contributed by atoms with Crippen LogP contribution in [0.4, 0.5) is 0 Å². The lowest BCUT2D eigenvalue weighted by Crippen LogP contribution is -1.96. The van der Waals surface area contributed by atoms with E-state index in [1.807, 2.05) is 44.2 Å². The third-order valence-electron chi connectivity index (χ3n) is 3.73. The van der Waals surface area contributed by atoms with Gasteiger partial charge < -0.3 is 0 Å². The molecule has 4 rings (SSSR count). The van der Waals surface area contributed by atoms with Crippen LogP contribution in [0.2, 0.25) is 5.28 Å². The van der Waals surface area contributed by atoms with Gasteiger partial charge in [0.1, 0.15) is 0 Å². The summed E-state index contributed by atoms with van der Waals surface area (Å²) >= 11 is 6.38. The summed E-state index contributed by atoms with van der Waals surface area (Å²) in [5, 5.41) is 10.0. The summed E-state index contributed by atoms with van der Waals surface area (Å²) in [5.74, 6) is 0.708. The van der Waals surface area contributed by atoms with Crippen LogP contribution in [0.3, 0.4) is 0 Å². The molecule has 0 radical (unpaired) electrons. The summed E-state index contributed by atoms with van der Waals surface area (Å²) in [5.41, 5.74) is 4.85. The molecule has 5 heteroatoms. The second-order valence-corrected chi connectivity index (χ2v) is 5.79. The Hall–Kier alpha value is -2.46. The Bertz CT molecular complexity index is 1020. The molecule has 0 saturated heterocycles. The van der Waals surface area contributed by atoms with Crippen LogP contribution >= 0.6 is 11.6 Å². The van der Waals surface area contributed by atoms with Crippen molar-refractivity contribution in [3.05, 3.63) is 58.9 Å². The fourth-order valence-corrected chi connectivity index (χ4v) is 2.93. The Morgan fingerprint density at radius 2 is 1.77 bits per heavy atom. The monoisotopic (exact) mass is 308 g/mol. The average Bonchev–Trinajstić information content (AvgIpc) is 2.94. The minimum atomic E-state index is 0.368. The zero-order valence-corrected chi connectivity index (χ0v) is 13.0. The van der Waals surface area contributed by atoms with Crippen LogP contribution in [0, 0.1) is 13.8 Å². The van der Waals surface area contributed by atoms with Gasteiger partial charge >= 0.3 is 0 Å². The molecule has 2 aromatic carbocycles. The number of aryl methyl sites for hydroxylation is 2. The lowest BCUT2D eigenvalue weighted by molar-refractivity contribution is 1.09. The highest BCUT2D eigenvalue weighted by atomic mass is 35.5. The van der Waals surface area contributed by atoms with Crippen molar-refractivity contribution in [2.75, 3.05) is 0 Å². The van der Waals surface area contributed by atoms with Crippen molar-refractivity contribution < 1.29 is 0 Å². The summed E-state index contributed by atoms with van der Waals surface area (Å²) in [4.78, 5) is 4.47. The first-order valence-electron chi connectivity index (χ1n) is 7.01. The SMILES string of the molecule is Cc1cccc(-c2nnc3c4cc(C)ccc4nc(Cl)n23)c1. The van der Waals surface area contributed by atoms with E-state index in [1.54, 1.807) is 4.40 Å². The largest absolute Gasteiger partial charge is 0.248 e. The first-order chi connectivity index (χ1) is 10.6. The number of fused-ring (bicyclic) bond motifs is 3. The van der Waals surface area contributed by atoms with E-state index in [-0.39, 0.29) is 0 Å². The van der Waals surface area contributed by atoms with Crippen molar-refractivity contribution in [1.82, 2.24) is 19.6 Å². The van der Waals surface area contributed by atoms with Crippen molar-refractivity contribution in [2.24, 2.45) is 0 Å². The van der Waals surface area contributed by atoms with Gasteiger partial charge in [0.2, 0.25) is 5.28 Å². The highest BCUT2D eigenvalue weighted by Gasteiger charge is 2.15. The maximum Gasteiger partial charge on any atom is 0.210 e. The second kappa shape index (κ2) is 4.78. The number of benzene rings is 2. The maximum absolute atomic E-state index is 6.38. The molecule has 0 fully saturated rings. The van der Waals surface area contributed by atoms with Crippen molar-refractivity contribution in [3.8, 4) is 11.4 Å². The lowest BCUT2D eigenvalue weighted by atomic mass is 10.1. The molecule has 0 N–H and O–H groups in total. The molecule has 108 valence electrons. The summed E-state index contributed by atoms with van der Waals surface area (Å²) in [6.07, 6.45) is 0. The number of aromatic nitrogens is 4. The fraction of sp³-hybridized carbons (Fsp3) is 0.118. The highest BCUT2D eigenvalue weighted by Crippen LogP contribution is 2.27. The summed E-state index contributed by atoms with van der Waals surface area (Å²) < 4.78 is 1.80. The standard InChI is InChI=1S/C17H13ClN4/c1-10-4-3-5-12(8-10)15-20-21-16-13-9-11(2)6-7-14(13)19-17(18)22(15)16/h3-9H,1-2H3. The van der Waals surface area contributed by atoms with E-state index in [2.05, 4.69) is 27.3 Å². The zero-order chi connectivity index (χ0) is 15.3. The molecular formula is C17H13ClN4. The van der Waals surface area contributed by atoms with Crippen LogP contribution in [-0.2, 0) is 0 Å². The van der Waals surface area contributed by atoms with Gasteiger partial charge in [-0.15, -0.1) is 10.2 Å². The van der Waals surface area contributed by atoms with Crippen LogP contribution in [0.1, 0.15) is 11.1 Å². The van der Waals surface area contributed by atoms with Gasteiger partial charge in [0.05, 0.1) is 5.52 Å². The van der Waals surface area contributed by atoms with Crippen LogP contribution in [0.25, 0.3) is 27.9 Å². The predicted octanol–water partition coefficient (Wildman–Crippen LogP) is 4.21. The second-order valence-electron chi connectivity index (χ2n) is 5.45. The number of halogens is 1. The third-order valence-corrected chi connectivity index (χ3v) is 3.98. The molecule has 0 atom stereocenters. The molecule has 4 aromatic rings. The van der Waals surface area contributed by atoms with E-state index in [1.165, 1.54) is 0 Å². The molecule has 0 aliphatic carbocycles. The van der Waals surface area contributed by atoms with Crippen molar-refractivity contribution >= 4 is 28.2 Å². The summed E-state index contributed by atoms with van der Waals surface area (Å²) in [7, 11) is 0. The van der Waals surface area contributed by atoms with Gasteiger partial charge in [-0.1, -0.05) is 35.4 Å². The predicted molar refractivity (Wildman–Crippen MR) is 88.2 cm³/mol. The minimum absolute atomic E-state index is 0.368. The molecule has 2 aromatic heterocycles. The smallest absolute Gasteiger partial charge is 0.210 e. The van der Waals surface area contributed by atoms with Gasteiger partial charge in [-0.25, -0.2) is 9.38 Å². The molecule has 2 heterocycles. The Labute approximate surface area is 132 Å². The molecular weight excluding hydrogens is 296 g/mol. The molecule has 0 aliphatic heterocycles. The van der Waals surface area contributed by atoms with Gasteiger partial charge in [0, 0.05) is 10.9 Å². The highest BCUT2D eigenvalue weighted by molar-refractivity contribution is 6.29. The molecule has 0 unspecified atom stereocenters. The maximum atomic E-state index is 6.38. The number of hydrogen-bond acceptors (Lipinski definition) is 3. The number of nitrogens with zero attached hydrogens (tertiary/aromatic N) is 4. The van der Waals surface area contributed by atoms with Crippen LogP contribution in [0.5, 0.6) is 0 Å². The van der Waals surface area contributed by atoms with Crippen LogP contribution < -0.4 is 0 Å². The number of hydrogen-bond donors (Lipinski definition) is 0. The van der Waals surface area contributed by atoms with Gasteiger partial charge in [-0.2, -0.15) is 0 Å².